The van der Waals surface area contributed by atoms with Crippen LogP contribution in [0.5, 0.6) is 0 Å². The van der Waals surface area contributed by atoms with Gasteiger partial charge in [0, 0.05) is 6.42 Å². The van der Waals surface area contributed by atoms with Crippen molar-refractivity contribution in [2.75, 3.05) is 13.2 Å². The summed E-state index contributed by atoms with van der Waals surface area (Å²) in [5.41, 5.74) is 0. The van der Waals surface area contributed by atoms with Crippen LogP contribution in [0.2, 0.25) is 0 Å². The molecule has 0 saturated heterocycles. The molecule has 0 heterocycles. The number of rotatable bonds is 31. The maximum atomic E-state index is 12.5. The summed E-state index contributed by atoms with van der Waals surface area (Å²) in [4.78, 5) is 37.2. The third kappa shape index (κ3) is 34.0. The number of hydrogen-bond acceptors (Lipinski definition) is 6. The van der Waals surface area contributed by atoms with Crippen molar-refractivity contribution >= 4 is 17.9 Å². The van der Waals surface area contributed by atoms with Crippen LogP contribution in [-0.2, 0) is 28.6 Å². The van der Waals surface area contributed by atoms with Gasteiger partial charge in [-0.25, -0.2) is 0 Å². The van der Waals surface area contributed by atoms with Gasteiger partial charge in [0.1, 0.15) is 13.2 Å². The molecule has 0 aliphatic heterocycles. The molecule has 0 radical (unpaired) electrons. The number of carbonyl (C=O) groups is 3. The third-order valence-corrected chi connectivity index (χ3v) is 7.27. The van der Waals surface area contributed by atoms with E-state index in [1.54, 1.807) is 12.2 Å². The SMILES string of the molecule is CC/C=C\C/C=C\C/C=C\CC(=O)OCC(COC(=O)CCCCCCCCCCCCC)OC(=O)C/C=C\C/C=C\C/C=C\CC. The lowest BCUT2D eigenvalue weighted by Gasteiger charge is -2.17. The Morgan fingerprint density at radius 3 is 1.30 bits per heavy atom. The molecule has 0 saturated carbocycles. The van der Waals surface area contributed by atoms with Crippen molar-refractivity contribution in [2.45, 2.75) is 155 Å². The Morgan fingerprint density at radius 2 is 0.830 bits per heavy atom. The van der Waals surface area contributed by atoms with Gasteiger partial charge >= 0.3 is 17.9 Å². The lowest BCUT2D eigenvalue weighted by molar-refractivity contribution is -0.166. The normalized spacial score (nSPS) is 12.8. The maximum absolute atomic E-state index is 12.5. The molecule has 0 amide bonds. The van der Waals surface area contributed by atoms with Gasteiger partial charge in [-0.2, -0.15) is 0 Å². The molecule has 6 heteroatoms. The van der Waals surface area contributed by atoms with E-state index in [1.165, 1.54) is 51.4 Å². The lowest BCUT2D eigenvalue weighted by Crippen LogP contribution is -2.30. The van der Waals surface area contributed by atoms with Gasteiger partial charge in [-0.1, -0.05) is 158 Å². The van der Waals surface area contributed by atoms with Crippen LogP contribution in [0.25, 0.3) is 0 Å². The van der Waals surface area contributed by atoms with Crippen LogP contribution in [-0.4, -0.2) is 37.2 Å². The van der Waals surface area contributed by atoms with Crippen LogP contribution in [0.3, 0.4) is 0 Å². The predicted molar refractivity (Wildman–Crippen MR) is 196 cm³/mol. The Morgan fingerprint density at radius 1 is 0.447 bits per heavy atom. The fourth-order valence-electron chi connectivity index (χ4n) is 4.56. The van der Waals surface area contributed by atoms with E-state index in [9.17, 15) is 14.4 Å². The van der Waals surface area contributed by atoms with Crippen LogP contribution in [0.4, 0.5) is 0 Å². The second kappa shape index (κ2) is 35.7. The second-order valence-electron chi connectivity index (χ2n) is 11.8. The zero-order chi connectivity index (χ0) is 34.5. The number of carbonyl (C=O) groups excluding carboxylic acids is 3. The number of hydrogen-bond donors (Lipinski definition) is 0. The van der Waals surface area contributed by atoms with Crippen molar-refractivity contribution in [1.82, 2.24) is 0 Å². The van der Waals surface area contributed by atoms with E-state index in [1.807, 2.05) is 12.2 Å². The first kappa shape index (κ1) is 43.9. The van der Waals surface area contributed by atoms with Crippen molar-refractivity contribution < 1.29 is 28.6 Å². The fraction of sp³-hybridized carbons (Fsp3) is 0.634. The van der Waals surface area contributed by atoms with E-state index < -0.39 is 18.0 Å². The standard InChI is InChI=1S/C41H66O6/c1-4-7-10-13-16-19-20-23-25-28-31-34-40(43)46-37-38(47-41(44)35-32-29-26-22-18-15-12-9-6-3)36-45-39(42)33-30-27-24-21-17-14-11-8-5-2/h8-9,11-12,17-18,21-22,27,29-30,32,38H,4-7,10,13-16,19-20,23-26,28,31,33-37H2,1-3H3/b11-8-,12-9-,21-17-,22-18-,30-27-,32-29-. The second-order valence-corrected chi connectivity index (χ2v) is 11.8. The van der Waals surface area contributed by atoms with Gasteiger partial charge < -0.3 is 14.2 Å². The molecule has 47 heavy (non-hydrogen) atoms. The molecule has 0 spiro atoms. The summed E-state index contributed by atoms with van der Waals surface area (Å²) in [7, 11) is 0. The minimum atomic E-state index is -0.852. The average Bonchev–Trinajstić information content (AvgIpc) is 3.06. The molecule has 0 aromatic heterocycles. The molecule has 0 N–H and O–H groups in total. The number of unbranched alkanes of at least 4 members (excludes halogenated alkanes) is 10. The molecule has 0 fully saturated rings. The van der Waals surface area contributed by atoms with Crippen molar-refractivity contribution in [2.24, 2.45) is 0 Å². The number of esters is 3. The lowest BCUT2D eigenvalue weighted by atomic mass is 10.1. The van der Waals surface area contributed by atoms with E-state index in [0.29, 0.717) is 6.42 Å². The minimum absolute atomic E-state index is 0.0885. The summed E-state index contributed by atoms with van der Waals surface area (Å²) in [5.74, 6) is -1.21. The topological polar surface area (TPSA) is 78.9 Å². The van der Waals surface area contributed by atoms with E-state index in [-0.39, 0.29) is 32.0 Å². The molecular formula is C41H66O6. The molecule has 1 unspecified atom stereocenters. The molecule has 0 aliphatic carbocycles. The summed E-state index contributed by atoms with van der Waals surface area (Å²) < 4.78 is 16.3. The van der Waals surface area contributed by atoms with Gasteiger partial charge in [0.25, 0.3) is 0 Å². The first-order chi connectivity index (χ1) is 23.0. The van der Waals surface area contributed by atoms with Crippen LogP contribution in [0.1, 0.15) is 149 Å². The summed E-state index contributed by atoms with van der Waals surface area (Å²) in [6.07, 6.45) is 42.4. The first-order valence-electron chi connectivity index (χ1n) is 18.4. The Kier molecular flexibility index (Phi) is 33.3. The van der Waals surface area contributed by atoms with Crippen molar-refractivity contribution in [3.05, 3.63) is 72.9 Å². The highest BCUT2D eigenvalue weighted by atomic mass is 16.6. The Hall–Kier alpha value is -3.15. The Labute approximate surface area is 287 Å². The quantitative estimate of drug-likeness (QED) is 0.0320. The van der Waals surface area contributed by atoms with Crippen LogP contribution in [0.15, 0.2) is 72.9 Å². The molecule has 0 aromatic rings. The van der Waals surface area contributed by atoms with E-state index >= 15 is 0 Å². The number of allylic oxidation sites excluding steroid dienone is 10. The molecule has 0 aliphatic rings. The summed E-state index contributed by atoms with van der Waals surface area (Å²) in [6.45, 7) is 6.15. The summed E-state index contributed by atoms with van der Waals surface area (Å²) >= 11 is 0. The monoisotopic (exact) mass is 654 g/mol. The Bertz CT molecular complexity index is 940. The highest BCUT2D eigenvalue weighted by Crippen LogP contribution is 2.12. The molecule has 0 aromatic carbocycles. The van der Waals surface area contributed by atoms with Gasteiger partial charge in [-0.15, -0.1) is 0 Å². The van der Waals surface area contributed by atoms with Crippen molar-refractivity contribution in [1.29, 1.82) is 0 Å². The van der Waals surface area contributed by atoms with Crippen LogP contribution in [0, 0.1) is 0 Å². The Balaban J connectivity index is 4.57. The van der Waals surface area contributed by atoms with Crippen molar-refractivity contribution in [3.63, 3.8) is 0 Å². The zero-order valence-corrected chi connectivity index (χ0v) is 30.0. The van der Waals surface area contributed by atoms with Crippen molar-refractivity contribution in [3.8, 4) is 0 Å². The third-order valence-electron chi connectivity index (χ3n) is 7.27. The fourth-order valence-corrected chi connectivity index (χ4v) is 4.56. The highest BCUT2D eigenvalue weighted by molar-refractivity contribution is 5.72. The molecule has 266 valence electrons. The highest BCUT2D eigenvalue weighted by Gasteiger charge is 2.19. The van der Waals surface area contributed by atoms with Gasteiger partial charge in [0.15, 0.2) is 6.10 Å². The molecule has 0 rings (SSSR count). The molecule has 6 nitrogen and oxygen atoms in total. The largest absolute Gasteiger partial charge is 0.462 e. The smallest absolute Gasteiger partial charge is 0.310 e. The summed E-state index contributed by atoms with van der Waals surface area (Å²) in [5, 5.41) is 0. The molecule has 1 atom stereocenters. The van der Waals surface area contributed by atoms with Gasteiger partial charge in [0.05, 0.1) is 12.8 Å². The molecule has 0 bridgehead atoms. The van der Waals surface area contributed by atoms with E-state index in [2.05, 4.69) is 69.4 Å². The minimum Gasteiger partial charge on any atom is -0.462 e. The van der Waals surface area contributed by atoms with Gasteiger partial charge in [-0.3, -0.25) is 14.4 Å². The summed E-state index contributed by atoms with van der Waals surface area (Å²) in [6, 6.07) is 0. The van der Waals surface area contributed by atoms with Gasteiger partial charge in [0.2, 0.25) is 0 Å². The van der Waals surface area contributed by atoms with Crippen LogP contribution < -0.4 is 0 Å². The molecular weight excluding hydrogens is 588 g/mol. The van der Waals surface area contributed by atoms with Gasteiger partial charge in [-0.05, 0) is 44.9 Å². The maximum Gasteiger partial charge on any atom is 0.310 e. The number of ether oxygens (including phenoxy) is 3. The van der Waals surface area contributed by atoms with E-state index in [4.69, 9.17) is 14.2 Å². The predicted octanol–water partition coefficient (Wildman–Crippen LogP) is 11.2. The average molecular weight is 655 g/mol. The zero-order valence-electron chi connectivity index (χ0n) is 30.0. The van der Waals surface area contributed by atoms with Crippen LogP contribution >= 0.6 is 0 Å². The first-order valence-corrected chi connectivity index (χ1v) is 18.4. The van der Waals surface area contributed by atoms with E-state index in [0.717, 1.165) is 57.8 Å².